The van der Waals surface area contributed by atoms with E-state index >= 15 is 0 Å². The Labute approximate surface area is 286 Å². The summed E-state index contributed by atoms with van der Waals surface area (Å²) in [6.07, 6.45) is 0. The highest BCUT2D eigenvalue weighted by atomic mass is 14.4. The summed E-state index contributed by atoms with van der Waals surface area (Å²) < 4.78 is 0. The van der Waals surface area contributed by atoms with E-state index in [9.17, 15) is 0 Å². The average Bonchev–Trinajstić information content (AvgIpc) is 3.41. The van der Waals surface area contributed by atoms with Crippen molar-refractivity contribution in [2.75, 3.05) is 0 Å². The molecule has 9 aromatic carbocycles. The third kappa shape index (κ3) is 3.98. The quantitative estimate of drug-likeness (QED) is 0.136. The van der Waals surface area contributed by atoms with Crippen molar-refractivity contribution in [1.29, 1.82) is 0 Å². The molecule has 0 amide bonds. The molecule has 0 saturated heterocycles. The highest BCUT2D eigenvalue weighted by Gasteiger charge is 2.40. The van der Waals surface area contributed by atoms with Gasteiger partial charge in [0, 0.05) is 5.41 Å². The van der Waals surface area contributed by atoms with Gasteiger partial charge in [-0.25, -0.2) is 0 Å². The van der Waals surface area contributed by atoms with Gasteiger partial charge in [0.1, 0.15) is 0 Å². The molecule has 0 heteroatoms. The molecule has 0 nitrogen and oxygen atoms in total. The number of fused-ring (bicyclic) bond motifs is 10. The highest BCUT2D eigenvalue weighted by Crippen LogP contribution is 2.58. The van der Waals surface area contributed by atoms with Crippen molar-refractivity contribution in [3.05, 3.63) is 181 Å². The van der Waals surface area contributed by atoms with Crippen molar-refractivity contribution in [3.63, 3.8) is 0 Å². The van der Waals surface area contributed by atoms with Crippen LogP contribution in [-0.4, -0.2) is 0 Å². The molecule has 0 spiro atoms. The molecule has 0 unspecified atom stereocenters. The van der Waals surface area contributed by atoms with Gasteiger partial charge in [-0.05, 0) is 98.7 Å². The molecule has 0 fully saturated rings. The van der Waals surface area contributed by atoms with E-state index in [0.29, 0.717) is 0 Å². The Kier molecular flexibility index (Phi) is 6.02. The van der Waals surface area contributed by atoms with E-state index in [2.05, 4.69) is 184 Å². The van der Waals surface area contributed by atoms with Gasteiger partial charge in [-0.3, -0.25) is 0 Å². The fraction of sp³-hybridized carbons (Fsp3) is 0.0612. The van der Waals surface area contributed by atoms with E-state index in [1.807, 2.05) is 0 Å². The predicted molar refractivity (Wildman–Crippen MR) is 210 cm³/mol. The first-order chi connectivity index (χ1) is 24.1. The van der Waals surface area contributed by atoms with Gasteiger partial charge in [-0.2, -0.15) is 0 Å². The number of benzene rings is 9. The molecule has 1 aliphatic carbocycles. The molecular weight excluding hydrogens is 589 g/mol. The van der Waals surface area contributed by atoms with Gasteiger partial charge in [0.05, 0.1) is 0 Å². The van der Waals surface area contributed by atoms with Gasteiger partial charge in [0.2, 0.25) is 0 Å². The van der Waals surface area contributed by atoms with Crippen LogP contribution in [0.5, 0.6) is 0 Å². The number of hydrogen-bond acceptors (Lipinski definition) is 0. The molecule has 10 rings (SSSR count). The van der Waals surface area contributed by atoms with E-state index in [4.69, 9.17) is 0 Å². The van der Waals surface area contributed by atoms with Crippen molar-refractivity contribution >= 4 is 43.1 Å². The summed E-state index contributed by atoms with van der Waals surface area (Å²) in [5, 5.41) is 10.5. The van der Waals surface area contributed by atoms with E-state index in [1.165, 1.54) is 98.7 Å². The molecule has 0 bridgehead atoms. The van der Waals surface area contributed by atoms with Crippen LogP contribution in [0.15, 0.2) is 170 Å². The first-order valence-electron chi connectivity index (χ1n) is 17.3. The summed E-state index contributed by atoms with van der Waals surface area (Å²) in [5.41, 5.74) is 13.1. The molecule has 0 N–H and O–H groups in total. The maximum Gasteiger partial charge on any atom is 0.0165 e. The standard InChI is InChI=1S/C49H34/c1-49(2)43-26-14-25-42(46(43)47-36-19-8-6-17-34(36)35-18-7-13-24-41(35)48(47)49)45-39-22-11-9-20-37(39)44(38-21-10-12-23-40(38)45)33-29-27-32(28-30-33)31-15-4-3-5-16-31/h3-30H,1-2H3. The Balaban J connectivity index is 1.30. The second-order valence-electron chi connectivity index (χ2n) is 14.0. The average molecular weight is 623 g/mol. The van der Waals surface area contributed by atoms with Gasteiger partial charge in [0.15, 0.2) is 0 Å². The van der Waals surface area contributed by atoms with Crippen molar-refractivity contribution in [2.45, 2.75) is 19.3 Å². The zero-order valence-corrected chi connectivity index (χ0v) is 27.7. The molecular formula is C49H34. The highest BCUT2D eigenvalue weighted by molar-refractivity contribution is 6.25. The van der Waals surface area contributed by atoms with Crippen LogP contribution < -0.4 is 0 Å². The SMILES string of the molecule is CC1(C)c2cccc(-c3c4ccccc4c(-c4ccc(-c5ccccc5)cc4)c4ccccc34)c2-c2c1c1ccccc1c1ccccc21. The van der Waals surface area contributed by atoms with Gasteiger partial charge in [-0.15, -0.1) is 0 Å². The van der Waals surface area contributed by atoms with Crippen LogP contribution in [0, 0.1) is 0 Å². The summed E-state index contributed by atoms with van der Waals surface area (Å²) >= 11 is 0. The minimum absolute atomic E-state index is 0.156. The Morgan fingerprint density at radius 1 is 0.286 bits per heavy atom. The number of hydrogen-bond donors (Lipinski definition) is 0. The van der Waals surface area contributed by atoms with Crippen LogP contribution in [0.3, 0.4) is 0 Å². The lowest BCUT2D eigenvalue weighted by Gasteiger charge is -2.24. The normalized spacial score (nSPS) is 13.3. The second-order valence-corrected chi connectivity index (χ2v) is 14.0. The predicted octanol–water partition coefficient (Wildman–Crippen LogP) is 13.6. The topological polar surface area (TPSA) is 0 Å². The Bertz CT molecular complexity index is 2710. The Morgan fingerprint density at radius 2 is 0.714 bits per heavy atom. The minimum Gasteiger partial charge on any atom is -0.0622 e. The first kappa shape index (κ1) is 28.1. The Morgan fingerprint density at radius 3 is 1.31 bits per heavy atom. The van der Waals surface area contributed by atoms with Crippen LogP contribution in [0.4, 0.5) is 0 Å². The molecule has 0 atom stereocenters. The summed E-state index contributed by atoms with van der Waals surface area (Å²) in [6.45, 7) is 4.84. The third-order valence-corrected chi connectivity index (χ3v) is 11.0. The van der Waals surface area contributed by atoms with Crippen LogP contribution in [0.2, 0.25) is 0 Å². The molecule has 0 heterocycles. The molecule has 49 heavy (non-hydrogen) atoms. The van der Waals surface area contributed by atoms with Crippen LogP contribution in [0.1, 0.15) is 25.0 Å². The lowest BCUT2D eigenvalue weighted by atomic mass is 9.79. The van der Waals surface area contributed by atoms with Gasteiger partial charge < -0.3 is 0 Å². The molecule has 0 saturated carbocycles. The van der Waals surface area contributed by atoms with Crippen molar-refractivity contribution in [1.82, 2.24) is 0 Å². The smallest absolute Gasteiger partial charge is 0.0165 e. The summed E-state index contributed by atoms with van der Waals surface area (Å²) in [5.74, 6) is 0. The van der Waals surface area contributed by atoms with E-state index in [-0.39, 0.29) is 5.41 Å². The van der Waals surface area contributed by atoms with Gasteiger partial charge >= 0.3 is 0 Å². The van der Waals surface area contributed by atoms with Crippen molar-refractivity contribution in [2.24, 2.45) is 0 Å². The maximum absolute atomic E-state index is 2.42. The van der Waals surface area contributed by atoms with E-state index in [0.717, 1.165) is 0 Å². The lowest BCUT2D eigenvalue weighted by molar-refractivity contribution is 0.666. The fourth-order valence-electron chi connectivity index (χ4n) is 8.93. The summed E-state index contributed by atoms with van der Waals surface area (Å²) in [7, 11) is 0. The summed E-state index contributed by atoms with van der Waals surface area (Å²) in [6, 6.07) is 62.9. The fourth-order valence-corrected chi connectivity index (χ4v) is 8.93. The Hall–Kier alpha value is -5.98. The lowest BCUT2D eigenvalue weighted by Crippen LogP contribution is -2.15. The minimum atomic E-state index is -0.156. The third-order valence-electron chi connectivity index (χ3n) is 11.0. The van der Waals surface area contributed by atoms with Gasteiger partial charge in [-0.1, -0.05) is 184 Å². The van der Waals surface area contributed by atoms with Crippen LogP contribution in [0.25, 0.3) is 87.6 Å². The second kappa shape index (κ2) is 10.5. The maximum atomic E-state index is 2.42. The zero-order valence-electron chi connectivity index (χ0n) is 27.7. The number of rotatable bonds is 3. The molecule has 0 radical (unpaired) electrons. The van der Waals surface area contributed by atoms with E-state index in [1.54, 1.807) is 0 Å². The molecule has 1 aliphatic rings. The first-order valence-corrected chi connectivity index (χ1v) is 17.3. The van der Waals surface area contributed by atoms with E-state index < -0.39 is 0 Å². The van der Waals surface area contributed by atoms with Gasteiger partial charge in [0.25, 0.3) is 0 Å². The largest absolute Gasteiger partial charge is 0.0622 e. The van der Waals surface area contributed by atoms with Crippen LogP contribution in [-0.2, 0) is 5.41 Å². The molecule has 0 aromatic heterocycles. The summed E-state index contributed by atoms with van der Waals surface area (Å²) in [4.78, 5) is 0. The van der Waals surface area contributed by atoms with Crippen molar-refractivity contribution in [3.8, 4) is 44.5 Å². The van der Waals surface area contributed by atoms with Crippen LogP contribution >= 0.6 is 0 Å². The monoisotopic (exact) mass is 622 g/mol. The zero-order chi connectivity index (χ0) is 32.7. The molecule has 230 valence electrons. The molecule has 9 aromatic rings. The molecule has 0 aliphatic heterocycles. The van der Waals surface area contributed by atoms with Crippen molar-refractivity contribution < 1.29 is 0 Å².